The fraction of sp³-hybridized carbons (Fsp3) is 0.0345. The van der Waals surface area contributed by atoms with E-state index in [9.17, 15) is 0 Å². The lowest BCUT2D eigenvalue weighted by Gasteiger charge is -2.29. The Morgan fingerprint density at radius 2 is 0.797 bits per heavy atom. The van der Waals surface area contributed by atoms with Gasteiger partial charge in [0.1, 0.15) is 0 Å². The van der Waals surface area contributed by atoms with Crippen molar-refractivity contribution < 1.29 is 0 Å². The summed E-state index contributed by atoms with van der Waals surface area (Å²) in [6.45, 7) is 0. The van der Waals surface area contributed by atoms with Crippen LogP contribution in [0.15, 0.2) is 231 Å². The van der Waals surface area contributed by atoms with Gasteiger partial charge in [0.25, 0.3) is 0 Å². The van der Waals surface area contributed by atoms with E-state index in [2.05, 4.69) is 235 Å². The maximum Gasteiger partial charge on any atom is 0.0468 e. The van der Waals surface area contributed by atoms with E-state index in [4.69, 9.17) is 0 Å². The lowest BCUT2D eigenvalue weighted by molar-refractivity contribution is 0.794. The van der Waals surface area contributed by atoms with Gasteiger partial charge >= 0.3 is 0 Å². The minimum Gasteiger partial charge on any atom is -0.310 e. The van der Waals surface area contributed by atoms with Crippen molar-refractivity contribution in [2.24, 2.45) is 0 Å². The summed E-state index contributed by atoms with van der Waals surface area (Å²) in [4.78, 5) is 2.37. The first kappa shape index (κ1) is 34.7. The van der Waals surface area contributed by atoms with Crippen LogP contribution in [0.4, 0.5) is 17.1 Å². The van der Waals surface area contributed by atoms with Crippen molar-refractivity contribution in [3.8, 4) is 44.5 Å². The van der Waals surface area contributed by atoms with Crippen LogP contribution in [0.2, 0.25) is 0 Å². The van der Waals surface area contributed by atoms with Crippen LogP contribution < -0.4 is 4.90 Å². The highest BCUT2D eigenvalue weighted by atomic mass is 15.1. The molecule has 10 aromatic carbocycles. The van der Waals surface area contributed by atoms with Gasteiger partial charge in [0, 0.05) is 23.0 Å². The number of fused-ring (bicyclic) bond motifs is 5. The van der Waals surface area contributed by atoms with Gasteiger partial charge in [-0.25, -0.2) is 0 Å². The number of anilines is 3. The molecule has 0 saturated heterocycles. The summed E-state index contributed by atoms with van der Waals surface area (Å²) in [5.74, 6) is 0.319. The maximum atomic E-state index is 2.41. The third-order valence-electron chi connectivity index (χ3n) is 12.2. The molecule has 59 heavy (non-hydrogen) atoms. The van der Waals surface area contributed by atoms with Gasteiger partial charge in [0.2, 0.25) is 0 Å². The van der Waals surface area contributed by atoms with Gasteiger partial charge in [-0.1, -0.05) is 182 Å². The average molecular weight is 752 g/mol. The number of hydrogen-bond acceptors (Lipinski definition) is 1. The fourth-order valence-electron chi connectivity index (χ4n) is 9.16. The molecule has 278 valence electrons. The third-order valence-corrected chi connectivity index (χ3v) is 12.2. The molecule has 11 rings (SSSR count). The van der Waals surface area contributed by atoms with E-state index in [1.165, 1.54) is 82.7 Å². The summed E-state index contributed by atoms with van der Waals surface area (Å²) in [5.41, 5.74) is 17.6. The van der Waals surface area contributed by atoms with E-state index in [-0.39, 0.29) is 0 Å². The molecule has 0 radical (unpaired) electrons. The van der Waals surface area contributed by atoms with Gasteiger partial charge in [-0.15, -0.1) is 0 Å². The maximum absolute atomic E-state index is 2.41. The molecular formula is C58H41N. The van der Waals surface area contributed by atoms with Crippen molar-refractivity contribution in [1.29, 1.82) is 0 Å². The molecule has 0 aliphatic heterocycles. The minimum absolute atomic E-state index is 0.319. The largest absolute Gasteiger partial charge is 0.310 e. The van der Waals surface area contributed by atoms with Crippen LogP contribution in [-0.4, -0.2) is 0 Å². The predicted molar refractivity (Wildman–Crippen MR) is 250 cm³/mol. The predicted octanol–water partition coefficient (Wildman–Crippen LogP) is 15.8. The molecule has 0 fully saturated rings. The van der Waals surface area contributed by atoms with Crippen molar-refractivity contribution in [3.63, 3.8) is 0 Å². The van der Waals surface area contributed by atoms with Crippen LogP contribution in [0.1, 0.15) is 22.6 Å². The Balaban J connectivity index is 0.904. The van der Waals surface area contributed by atoms with Gasteiger partial charge in [0.05, 0.1) is 0 Å². The molecule has 1 atom stereocenters. The first-order chi connectivity index (χ1) is 29.2. The number of benzene rings is 10. The standard InChI is InChI=1S/C58H41N/c1-2-11-40(12-3-1)43-21-23-45(24-22-43)57-39-51-26-25-50(38-58(51)56-20-9-8-19-55(56)57)47-18-10-17-46(35-47)44-27-31-52(32-28-44)59(53-33-29-41-13-4-6-15-48(41)36-53)54-34-30-42-14-5-7-16-49(42)37-54/h1-38,57H,39H2. The summed E-state index contributed by atoms with van der Waals surface area (Å²) in [7, 11) is 0. The van der Waals surface area contributed by atoms with Crippen LogP contribution in [-0.2, 0) is 6.42 Å². The lowest BCUT2D eigenvalue weighted by atomic mass is 9.75. The van der Waals surface area contributed by atoms with Crippen molar-refractivity contribution in [2.75, 3.05) is 4.90 Å². The first-order valence-electron chi connectivity index (χ1n) is 20.6. The van der Waals surface area contributed by atoms with Gasteiger partial charge in [-0.05, 0) is 138 Å². The molecule has 1 unspecified atom stereocenters. The van der Waals surface area contributed by atoms with Crippen molar-refractivity contribution >= 4 is 38.6 Å². The highest BCUT2D eigenvalue weighted by Crippen LogP contribution is 2.45. The normalized spacial score (nSPS) is 13.2. The van der Waals surface area contributed by atoms with Crippen LogP contribution >= 0.6 is 0 Å². The molecule has 0 amide bonds. The van der Waals surface area contributed by atoms with E-state index < -0.39 is 0 Å². The zero-order chi connectivity index (χ0) is 39.1. The molecule has 1 aliphatic carbocycles. The van der Waals surface area contributed by atoms with Crippen LogP contribution in [0.3, 0.4) is 0 Å². The third kappa shape index (κ3) is 6.57. The van der Waals surface area contributed by atoms with Crippen molar-refractivity contribution in [1.82, 2.24) is 0 Å². The topological polar surface area (TPSA) is 3.24 Å². The molecule has 0 saturated carbocycles. The van der Waals surface area contributed by atoms with E-state index in [0.717, 1.165) is 23.5 Å². The van der Waals surface area contributed by atoms with E-state index in [1.54, 1.807) is 0 Å². The molecule has 1 nitrogen and oxygen atoms in total. The lowest BCUT2D eigenvalue weighted by Crippen LogP contribution is -2.12. The Morgan fingerprint density at radius 3 is 1.49 bits per heavy atom. The molecule has 0 heterocycles. The van der Waals surface area contributed by atoms with Crippen molar-refractivity contribution in [3.05, 3.63) is 247 Å². The Kier molecular flexibility index (Phi) is 8.71. The second-order valence-electron chi connectivity index (χ2n) is 15.7. The summed E-state index contributed by atoms with van der Waals surface area (Å²) in [5, 5.41) is 4.93. The zero-order valence-electron chi connectivity index (χ0n) is 32.7. The Labute approximate surface area is 346 Å². The van der Waals surface area contributed by atoms with Crippen LogP contribution in [0.25, 0.3) is 66.1 Å². The second kappa shape index (κ2) is 14.8. The first-order valence-corrected chi connectivity index (χ1v) is 20.6. The summed E-state index contributed by atoms with van der Waals surface area (Å²) < 4.78 is 0. The monoisotopic (exact) mass is 751 g/mol. The van der Waals surface area contributed by atoms with Crippen molar-refractivity contribution in [2.45, 2.75) is 12.3 Å². The molecule has 0 N–H and O–H groups in total. The molecule has 0 spiro atoms. The van der Waals surface area contributed by atoms with Crippen LogP contribution in [0.5, 0.6) is 0 Å². The quantitative estimate of drug-likeness (QED) is 0.157. The van der Waals surface area contributed by atoms with E-state index in [0.29, 0.717) is 5.92 Å². The fourth-order valence-corrected chi connectivity index (χ4v) is 9.16. The minimum atomic E-state index is 0.319. The number of nitrogens with zero attached hydrogens (tertiary/aromatic N) is 1. The van der Waals surface area contributed by atoms with Gasteiger partial charge in [-0.2, -0.15) is 0 Å². The summed E-state index contributed by atoms with van der Waals surface area (Å²) in [6.07, 6.45) is 0.985. The molecular weight excluding hydrogens is 711 g/mol. The van der Waals surface area contributed by atoms with Gasteiger partial charge in [-0.3, -0.25) is 0 Å². The molecule has 10 aromatic rings. The molecule has 1 aliphatic rings. The highest BCUT2D eigenvalue weighted by molar-refractivity contribution is 5.93. The van der Waals surface area contributed by atoms with Crippen LogP contribution in [0, 0.1) is 0 Å². The number of hydrogen-bond donors (Lipinski definition) is 0. The highest BCUT2D eigenvalue weighted by Gasteiger charge is 2.26. The molecule has 0 aromatic heterocycles. The number of rotatable bonds is 7. The summed E-state index contributed by atoms with van der Waals surface area (Å²) in [6, 6.07) is 84.6. The second-order valence-corrected chi connectivity index (χ2v) is 15.7. The average Bonchev–Trinajstić information content (AvgIpc) is 3.32. The molecule has 0 bridgehead atoms. The smallest absolute Gasteiger partial charge is 0.0468 e. The summed E-state index contributed by atoms with van der Waals surface area (Å²) >= 11 is 0. The van der Waals surface area contributed by atoms with Gasteiger partial charge in [0.15, 0.2) is 0 Å². The van der Waals surface area contributed by atoms with E-state index >= 15 is 0 Å². The van der Waals surface area contributed by atoms with E-state index in [1.807, 2.05) is 0 Å². The Hall–Kier alpha value is -7.48. The SMILES string of the molecule is c1ccc(-c2ccc(C3Cc4ccc(-c5cccc(-c6ccc(N(c7ccc8ccccc8c7)c7ccc8ccccc8c7)cc6)c5)cc4-c4ccccc43)cc2)cc1. The Morgan fingerprint density at radius 1 is 0.305 bits per heavy atom. The van der Waals surface area contributed by atoms with Gasteiger partial charge < -0.3 is 4.90 Å². The Bertz CT molecular complexity index is 3040. The molecule has 1 heteroatoms. The zero-order valence-corrected chi connectivity index (χ0v) is 32.7.